The van der Waals surface area contributed by atoms with Crippen LogP contribution in [0.25, 0.3) is 11.1 Å². The molecule has 7 heteroatoms. The fourth-order valence-corrected chi connectivity index (χ4v) is 4.77. The maximum atomic E-state index is 12.4. The van der Waals surface area contributed by atoms with Gasteiger partial charge in [-0.1, -0.05) is 12.5 Å². The van der Waals surface area contributed by atoms with Crippen molar-refractivity contribution in [1.29, 1.82) is 0 Å². The summed E-state index contributed by atoms with van der Waals surface area (Å²) in [6, 6.07) is 3.68. The van der Waals surface area contributed by atoms with Crippen molar-refractivity contribution in [2.45, 2.75) is 24.5 Å². The highest BCUT2D eigenvalue weighted by atomic mass is 32.2. The van der Waals surface area contributed by atoms with E-state index in [4.69, 9.17) is 5.73 Å². The topological polar surface area (TPSA) is 90.9 Å². The highest BCUT2D eigenvalue weighted by molar-refractivity contribution is 7.91. The molecule has 1 aliphatic heterocycles. The van der Waals surface area contributed by atoms with Crippen molar-refractivity contribution in [1.82, 2.24) is 14.8 Å². The minimum Gasteiger partial charge on any atom is -0.383 e. The van der Waals surface area contributed by atoms with Crippen molar-refractivity contribution in [2.24, 2.45) is 7.05 Å². The monoisotopic (exact) mass is 306 g/mol. The van der Waals surface area contributed by atoms with Crippen LogP contribution in [-0.4, -0.2) is 28.9 Å². The fraction of sp³-hybridized carbons (Fsp3) is 0.429. The minimum atomic E-state index is -3.16. The Bertz CT molecular complexity index is 753. The molecule has 2 aromatic heterocycles. The lowest BCUT2D eigenvalue weighted by molar-refractivity contribution is 0.540. The molecule has 0 amide bonds. The molecule has 1 unspecified atom stereocenters. The van der Waals surface area contributed by atoms with Crippen LogP contribution in [0, 0.1) is 0 Å². The van der Waals surface area contributed by atoms with Gasteiger partial charge in [0, 0.05) is 30.6 Å². The van der Waals surface area contributed by atoms with Gasteiger partial charge in [-0.25, -0.2) is 8.42 Å². The van der Waals surface area contributed by atoms with Crippen LogP contribution in [0.4, 0.5) is 5.82 Å². The summed E-state index contributed by atoms with van der Waals surface area (Å²) >= 11 is 0. The van der Waals surface area contributed by atoms with Crippen molar-refractivity contribution in [3.63, 3.8) is 0 Å². The van der Waals surface area contributed by atoms with Crippen molar-refractivity contribution in [2.75, 3.05) is 11.5 Å². The lowest BCUT2D eigenvalue weighted by Gasteiger charge is -2.21. The molecule has 0 aliphatic carbocycles. The predicted molar refractivity (Wildman–Crippen MR) is 81.2 cm³/mol. The number of nitrogens with two attached hydrogens (primary N) is 1. The summed E-state index contributed by atoms with van der Waals surface area (Å²) in [6.45, 7) is 0. The summed E-state index contributed by atoms with van der Waals surface area (Å²) in [6.07, 6.45) is 5.59. The third-order valence-corrected chi connectivity index (χ3v) is 6.14. The predicted octanol–water partition coefficient (Wildman–Crippen LogP) is 1.70. The molecule has 0 aromatic carbocycles. The summed E-state index contributed by atoms with van der Waals surface area (Å²) in [5.74, 6) is 0.694. The second-order valence-corrected chi connectivity index (χ2v) is 7.67. The number of aromatic nitrogens is 3. The Morgan fingerprint density at radius 1 is 1.38 bits per heavy atom. The third-order valence-electron chi connectivity index (χ3n) is 3.95. The number of rotatable bonds is 2. The average Bonchev–Trinajstić information content (AvgIpc) is 2.75. The van der Waals surface area contributed by atoms with E-state index < -0.39 is 15.1 Å². The van der Waals surface area contributed by atoms with Gasteiger partial charge >= 0.3 is 0 Å². The highest BCUT2D eigenvalue weighted by Gasteiger charge is 2.35. The molecule has 1 atom stereocenters. The quantitative estimate of drug-likeness (QED) is 0.912. The molecule has 0 radical (unpaired) electrons. The maximum Gasteiger partial charge on any atom is 0.158 e. The first-order chi connectivity index (χ1) is 10.0. The van der Waals surface area contributed by atoms with Gasteiger partial charge in [-0.2, -0.15) is 5.10 Å². The molecule has 2 aromatic rings. The van der Waals surface area contributed by atoms with E-state index in [2.05, 4.69) is 10.1 Å². The Hall–Kier alpha value is -1.89. The van der Waals surface area contributed by atoms with Gasteiger partial charge in [0.2, 0.25) is 0 Å². The minimum absolute atomic E-state index is 0.223. The molecule has 3 heterocycles. The molecule has 2 N–H and O–H groups in total. The van der Waals surface area contributed by atoms with Gasteiger partial charge in [0.25, 0.3) is 0 Å². The number of nitrogens with zero attached hydrogens (tertiary/aromatic N) is 3. The zero-order valence-corrected chi connectivity index (χ0v) is 12.7. The van der Waals surface area contributed by atoms with E-state index in [0.29, 0.717) is 23.5 Å². The van der Waals surface area contributed by atoms with E-state index >= 15 is 0 Å². The van der Waals surface area contributed by atoms with E-state index in [9.17, 15) is 8.42 Å². The van der Waals surface area contributed by atoms with E-state index in [1.54, 1.807) is 30.2 Å². The Morgan fingerprint density at radius 3 is 2.86 bits per heavy atom. The van der Waals surface area contributed by atoms with Crippen LogP contribution in [0.5, 0.6) is 0 Å². The van der Waals surface area contributed by atoms with Crippen molar-refractivity contribution in [3.8, 4) is 11.1 Å². The van der Waals surface area contributed by atoms with Gasteiger partial charge < -0.3 is 5.73 Å². The Labute approximate surface area is 123 Å². The van der Waals surface area contributed by atoms with Gasteiger partial charge in [-0.15, -0.1) is 0 Å². The van der Waals surface area contributed by atoms with E-state index in [-0.39, 0.29) is 5.75 Å². The van der Waals surface area contributed by atoms with Crippen molar-refractivity contribution in [3.05, 3.63) is 30.2 Å². The lowest BCUT2D eigenvalue weighted by atomic mass is 10.0. The van der Waals surface area contributed by atoms with Crippen LogP contribution < -0.4 is 5.73 Å². The molecule has 0 bridgehead atoms. The number of pyridine rings is 1. The second-order valence-electron chi connectivity index (χ2n) is 5.36. The van der Waals surface area contributed by atoms with Crippen molar-refractivity contribution >= 4 is 15.7 Å². The molecular formula is C14H18N4O2S. The molecule has 112 valence electrons. The molecule has 3 rings (SSSR count). The number of hydrogen-bond donors (Lipinski definition) is 1. The zero-order chi connectivity index (χ0) is 15.0. The molecule has 1 fully saturated rings. The molecule has 6 nitrogen and oxygen atoms in total. The summed E-state index contributed by atoms with van der Waals surface area (Å²) in [4.78, 5) is 4.09. The Balaban J connectivity index is 2.18. The van der Waals surface area contributed by atoms with E-state index in [0.717, 1.165) is 18.4 Å². The summed E-state index contributed by atoms with van der Waals surface area (Å²) in [5, 5.41) is 3.83. The molecule has 21 heavy (non-hydrogen) atoms. The number of hydrogen-bond acceptors (Lipinski definition) is 5. The standard InChI is InChI=1S/C14H18N4O2S/c1-18-14(15)12(10-5-4-7-16-9-10)13(17-18)11-6-2-3-8-21(11,19)20/h4-5,7,9,11H,2-3,6,8,15H2,1H3. The lowest BCUT2D eigenvalue weighted by Crippen LogP contribution is -2.22. The van der Waals surface area contributed by atoms with Crippen LogP contribution in [0.15, 0.2) is 24.5 Å². The van der Waals surface area contributed by atoms with Crippen LogP contribution >= 0.6 is 0 Å². The van der Waals surface area contributed by atoms with E-state index in [1.165, 1.54) is 0 Å². The fourth-order valence-electron chi connectivity index (χ4n) is 2.85. The number of nitrogen functional groups attached to an aromatic ring is 1. The van der Waals surface area contributed by atoms with Crippen LogP contribution in [0.3, 0.4) is 0 Å². The first-order valence-electron chi connectivity index (χ1n) is 6.95. The van der Waals surface area contributed by atoms with Gasteiger partial charge in [0.05, 0.1) is 11.4 Å². The van der Waals surface area contributed by atoms with Crippen LogP contribution in [0.2, 0.25) is 0 Å². The Morgan fingerprint density at radius 2 is 2.19 bits per heavy atom. The van der Waals surface area contributed by atoms with Gasteiger partial charge in [-0.05, 0) is 18.9 Å². The maximum absolute atomic E-state index is 12.4. The first-order valence-corrected chi connectivity index (χ1v) is 8.66. The molecule has 1 saturated heterocycles. The molecule has 1 aliphatic rings. The van der Waals surface area contributed by atoms with Gasteiger partial charge in [-0.3, -0.25) is 9.67 Å². The number of sulfone groups is 1. The van der Waals surface area contributed by atoms with Crippen LogP contribution in [0.1, 0.15) is 30.2 Å². The molecular weight excluding hydrogens is 288 g/mol. The SMILES string of the molecule is Cn1nc(C2CCCCS2(=O)=O)c(-c2cccnc2)c1N. The largest absolute Gasteiger partial charge is 0.383 e. The normalized spacial score (nSPS) is 21.3. The van der Waals surface area contributed by atoms with Crippen LogP contribution in [-0.2, 0) is 16.9 Å². The summed E-state index contributed by atoms with van der Waals surface area (Å²) < 4.78 is 26.3. The van der Waals surface area contributed by atoms with Gasteiger partial charge in [0.15, 0.2) is 9.84 Å². The Kier molecular flexibility index (Phi) is 3.44. The van der Waals surface area contributed by atoms with Gasteiger partial charge in [0.1, 0.15) is 11.1 Å². The summed E-state index contributed by atoms with van der Waals surface area (Å²) in [7, 11) is -1.43. The molecule has 0 saturated carbocycles. The van der Waals surface area contributed by atoms with E-state index in [1.807, 2.05) is 6.07 Å². The number of anilines is 1. The third kappa shape index (κ3) is 2.42. The first kappa shape index (κ1) is 14.1. The molecule has 0 spiro atoms. The average molecular weight is 306 g/mol. The van der Waals surface area contributed by atoms with Crippen molar-refractivity contribution < 1.29 is 8.42 Å². The number of aryl methyl sites for hydroxylation is 1. The smallest absolute Gasteiger partial charge is 0.158 e. The zero-order valence-electron chi connectivity index (χ0n) is 11.9. The second kappa shape index (κ2) is 5.14. The highest BCUT2D eigenvalue weighted by Crippen LogP contribution is 2.40. The summed E-state index contributed by atoms with van der Waals surface area (Å²) in [5.41, 5.74) is 8.17.